The van der Waals surface area contributed by atoms with Crippen molar-refractivity contribution in [1.82, 2.24) is 14.7 Å². The number of benzene rings is 3. The first-order valence-corrected chi connectivity index (χ1v) is 14.7. The number of carbonyl (C=O) groups is 2. The number of nitrogens with two attached hydrogens (primary N) is 1. The summed E-state index contributed by atoms with van der Waals surface area (Å²) in [6.07, 6.45) is 1.75. The third kappa shape index (κ3) is 5.50. The quantitative estimate of drug-likeness (QED) is 0.270. The van der Waals surface area contributed by atoms with Crippen molar-refractivity contribution >= 4 is 46.2 Å². The van der Waals surface area contributed by atoms with Crippen LogP contribution in [0.4, 0.5) is 17.1 Å². The summed E-state index contributed by atoms with van der Waals surface area (Å²) in [4.78, 5) is 31.6. The smallest absolute Gasteiger partial charge is 0.257 e. The van der Waals surface area contributed by atoms with Gasteiger partial charge in [0, 0.05) is 71.7 Å². The van der Waals surface area contributed by atoms with Crippen molar-refractivity contribution in [1.29, 1.82) is 0 Å². The highest BCUT2D eigenvalue weighted by atomic mass is 32.2. The van der Waals surface area contributed by atoms with Gasteiger partial charge in [-0.3, -0.25) is 14.3 Å². The second kappa shape index (κ2) is 11.4. The number of likely N-dealkylation sites (N-methyl/N-ethyl adjacent to an activating group) is 1. The van der Waals surface area contributed by atoms with Crippen LogP contribution in [-0.4, -0.2) is 59.7 Å². The zero-order valence-electron chi connectivity index (χ0n) is 23.8. The maximum absolute atomic E-state index is 12.9. The van der Waals surface area contributed by atoms with E-state index in [1.165, 1.54) is 17.4 Å². The molecule has 1 fully saturated rings. The summed E-state index contributed by atoms with van der Waals surface area (Å²) in [5, 5.41) is 10.7. The summed E-state index contributed by atoms with van der Waals surface area (Å²) in [7, 11) is 4.03. The number of nitrogens with one attached hydrogen (secondary N) is 2. The molecule has 0 atom stereocenters. The Kier molecular flexibility index (Phi) is 7.49. The molecule has 0 bridgehead atoms. The molecule has 0 spiro atoms. The van der Waals surface area contributed by atoms with E-state index in [-0.39, 0.29) is 5.91 Å². The molecule has 4 aromatic rings. The molecule has 4 N–H and O–H groups in total. The molecule has 0 saturated carbocycles. The first-order valence-electron chi connectivity index (χ1n) is 13.8. The highest BCUT2D eigenvalue weighted by Gasteiger charge is 2.25. The van der Waals surface area contributed by atoms with Crippen LogP contribution in [0.15, 0.2) is 82.7 Å². The number of hydrogen-bond acceptors (Lipinski definition) is 7. The van der Waals surface area contributed by atoms with Gasteiger partial charge in [0.15, 0.2) is 0 Å². The van der Waals surface area contributed by atoms with E-state index in [0.29, 0.717) is 11.1 Å². The van der Waals surface area contributed by atoms with Crippen molar-refractivity contribution in [3.05, 3.63) is 89.8 Å². The summed E-state index contributed by atoms with van der Waals surface area (Å²) >= 11 is 1.44. The fourth-order valence-electron chi connectivity index (χ4n) is 5.39. The Balaban J connectivity index is 1.23. The minimum absolute atomic E-state index is 0.169. The van der Waals surface area contributed by atoms with Gasteiger partial charge in [0.2, 0.25) is 5.91 Å². The first-order chi connectivity index (χ1) is 20.3. The van der Waals surface area contributed by atoms with Crippen LogP contribution in [0.5, 0.6) is 0 Å². The molecular weight excluding hydrogens is 546 g/mol. The molecule has 1 aromatic heterocycles. The van der Waals surface area contributed by atoms with E-state index in [0.717, 1.165) is 69.9 Å². The summed E-state index contributed by atoms with van der Waals surface area (Å²) < 4.78 is 1.80. The lowest BCUT2D eigenvalue weighted by Gasteiger charge is -2.34. The lowest BCUT2D eigenvalue weighted by molar-refractivity contribution is -0.110. The fourth-order valence-corrected chi connectivity index (χ4v) is 6.50. The van der Waals surface area contributed by atoms with Crippen LogP contribution in [0.3, 0.4) is 0 Å². The molecule has 0 unspecified atom stereocenters. The number of rotatable bonds is 7. The summed E-state index contributed by atoms with van der Waals surface area (Å²) in [5.74, 6) is -0.669. The van der Waals surface area contributed by atoms with E-state index < -0.39 is 5.91 Å². The SMILES string of the molecule is Cc1cc(-c2cccc(C(N)=O)c2Sc2ccc3c(c2)NC(=O)C3=CNc2ccc(N3CCN(C)CC3)cc2)n(C)n1. The van der Waals surface area contributed by atoms with Gasteiger partial charge in [-0.25, -0.2) is 0 Å². The Bertz CT molecular complexity index is 1700. The number of primary amides is 1. The maximum atomic E-state index is 12.9. The second-order valence-corrected chi connectivity index (χ2v) is 11.7. The molecule has 9 nitrogen and oxygen atoms in total. The van der Waals surface area contributed by atoms with E-state index in [1.54, 1.807) is 16.9 Å². The standard InChI is InChI=1S/C32H33N7O2S/c1-20-17-29(38(3)36-20)25-5-4-6-26(31(33)40)30(25)42-23-11-12-24-27(32(41)35-28(24)18-23)19-34-21-7-9-22(10-8-21)39-15-13-37(2)14-16-39/h4-12,17-19,34H,13-16H2,1-3H3,(H2,33,40)(H,35,41). The summed E-state index contributed by atoms with van der Waals surface area (Å²) in [6, 6.07) is 21.6. The number of hydrogen-bond donors (Lipinski definition) is 3. The topological polar surface area (TPSA) is 109 Å². The third-order valence-electron chi connectivity index (χ3n) is 7.67. The molecule has 214 valence electrons. The number of fused-ring (bicyclic) bond motifs is 1. The highest BCUT2D eigenvalue weighted by Crippen LogP contribution is 2.42. The number of piperazine rings is 1. The zero-order chi connectivity index (χ0) is 29.4. The zero-order valence-corrected chi connectivity index (χ0v) is 24.7. The Hall–Kier alpha value is -4.54. The van der Waals surface area contributed by atoms with E-state index in [2.05, 4.69) is 44.7 Å². The molecule has 3 aromatic carbocycles. The van der Waals surface area contributed by atoms with Gasteiger partial charge in [0.05, 0.1) is 28.2 Å². The second-order valence-electron chi connectivity index (χ2n) is 10.6. The summed E-state index contributed by atoms with van der Waals surface area (Å²) in [5.41, 5.74) is 13.1. The predicted molar refractivity (Wildman–Crippen MR) is 169 cm³/mol. The molecule has 2 aliphatic rings. The Morgan fingerprint density at radius 3 is 2.45 bits per heavy atom. The molecule has 0 aliphatic carbocycles. The van der Waals surface area contributed by atoms with Crippen LogP contribution < -0.4 is 21.3 Å². The molecule has 3 heterocycles. The molecule has 10 heteroatoms. The lowest BCUT2D eigenvalue weighted by atomic mass is 10.1. The van der Waals surface area contributed by atoms with Gasteiger partial charge < -0.3 is 26.2 Å². The first kappa shape index (κ1) is 27.6. The molecule has 0 radical (unpaired) electrons. The average molecular weight is 580 g/mol. The minimum atomic E-state index is -0.499. The monoisotopic (exact) mass is 579 g/mol. The molecule has 2 amide bonds. The number of amides is 2. The largest absolute Gasteiger partial charge is 0.369 e. The number of carbonyl (C=O) groups excluding carboxylic acids is 2. The van der Waals surface area contributed by atoms with Gasteiger partial charge in [-0.2, -0.15) is 5.10 Å². The number of nitrogens with zero attached hydrogens (tertiary/aromatic N) is 4. The van der Waals surface area contributed by atoms with Crippen LogP contribution in [0.2, 0.25) is 0 Å². The Morgan fingerprint density at radius 1 is 1.00 bits per heavy atom. The van der Waals surface area contributed by atoms with Crippen molar-refractivity contribution < 1.29 is 9.59 Å². The van der Waals surface area contributed by atoms with Crippen molar-refractivity contribution in [3.8, 4) is 11.3 Å². The van der Waals surface area contributed by atoms with Gasteiger partial charge in [-0.05, 0) is 62.5 Å². The number of aromatic nitrogens is 2. The van der Waals surface area contributed by atoms with Gasteiger partial charge in [-0.15, -0.1) is 0 Å². The van der Waals surface area contributed by atoms with Crippen LogP contribution in [0, 0.1) is 6.92 Å². The van der Waals surface area contributed by atoms with Gasteiger partial charge >= 0.3 is 0 Å². The van der Waals surface area contributed by atoms with Crippen LogP contribution in [-0.2, 0) is 11.8 Å². The maximum Gasteiger partial charge on any atom is 0.257 e. The van der Waals surface area contributed by atoms with Gasteiger partial charge in [-0.1, -0.05) is 30.0 Å². The Morgan fingerprint density at radius 2 is 1.76 bits per heavy atom. The van der Waals surface area contributed by atoms with Gasteiger partial charge in [0.1, 0.15) is 0 Å². The minimum Gasteiger partial charge on any atom is -0.369 e. The molecule has 1 saturated heterocycles. The van der Waals surface area contributed by atoms with Crippen LogP contribution >= 0.6 is 11.8 Å². The summed E-state index contributed by atoms with van der Waals surface area (Å²) in [6.45, 7) is 6.08. The molecule has 2 aliphatic heterocycles. The highest BCUT2D eigenvalue weighted by molar-refractivity contribution is 7.99. The van der Waals surface area contributed by atoms with E-state index in [1.807, 2.05) is 62.5 Å². The van der Waals surface area contributed by atoms with E-state index in [9.17, 15) is 9.59 Å². The number of anilines is 3. The van der Waals surface area contributed by atoms with E-state index in [4.69, 9.17) is 5.73 Å². The van der Waals surface area contributed by atoms with Crippen molar-refractivity contribution in [2.75, 3.05) is 48.8 Å². The van der Waals surface area contributed by atoms with Gasteiger partial charge in [0.25, 0.3) is 5.91 Å². The Labute approximate surface area is 249 Å². The van der Waals surface area contributed by atoms with Crippen LogP contribution in [0.1, 0.15) is 21.6 Å². The van der Waals surface area contributed by atoms with Crippen molar-refractivity contribution in [2.24, 2.45) is 12.8 Å². The molecular formula is C32H33N7O2S. The predicted octanol–water partition coefficient (Wildman–Crippen LogP) is 4.80. The van der Waals surface area contributed by atoms with Crippen LogP contribution in [0.25, 0.3) is 16.8 Å². The number of aryl methyl sites for hydroxylation is 2. The lowest BCUT2D eigenvalue weighted by Crippen LogP contribution is -2.44. The van der Waals surface area contributed by atoms with Crippen molar-refractivity contribution in [3.63, 3.8) is 0 Å². The fraction of sp³-hybridized carbons (Fsp3) is 0.219. The average Bonchev–Trinajstić information content (AvgIpc) is 3.48. The molecule has 42 heavy (non-hydrogen) atoms. The van der Waals surface area contributed by atoms with E-state index >= 15 is 0 Å². The van der Waals surface area contributed by atoms with Crippen molar-refractivity contribution in [2.45, 2.75) is 16.7 Å². The molecule has 6 rings (SSSR count). The normalized spacial score (nSPS) is 16.0. The third-order valence-corrected chi connectivity index (χ3v) is 8.80.